The summed E-state index contributed by atoms with van der Waals surface area (Å²) >= 11 is 0. The number of hydrogen-bond donors (Lipinski definition) is 1. The highest BCUT2D eigenvalue weighted by atomic mass is 16.5. The summed E-state index contributed by atoms with van der Waals surface area (Å²) in [6.07, 6.45) is 2.29. The summed E-state index contributed by atoms with van der Waals surface area (Å²) in [6.45, 7) is 1.83. The van der Waals surface area contributed by atoms with Gasteiger partial charge < -0.3 is 9.84 Å². The van der Waals surface area contributed by atoms with E-state index >= 15 is 0 Å². The van der Waals surface area contributed by atoms with Crippen LogP contribution in [0.1, 0.15) is 22.8 Å². The lowest BCUT2D eigenvalue weighted by atomic mass is 10.1. The molecule has 5 nitrogen and oxygen atoms in total. The molecule has 5 heteroatoms. The van der Waals surface area contributed by atoms with E-state index in [1.165, 1.54) is 6.20 Å². The highest BCUT2D eigenvalue weighted by Crippen LogP contribution is 2.19. The number of esters is 1. The number of carbonyl (C=O) groups is 1. The van der Waals surface area contributed by atoms with Crippen molar-refractivity contribution in [2.45, 2.75) is 6.92 Å². The van der Waals surface area contributed by atoms with Crippen molar-refractivity contribution in [3.8, 4) is 11.8 Å². The van der Waals surface area contributed by atoms with Gasteiger partial charge in [0.25, 0.3) is 0 Å². The van der Waals surface area contributed by atoms with Crippen molar-refractivity contribution in [3.05, 3.63) is 23.5 Å². The molecule has 1 heterocycles. The maximum atomic E-state index is 11.3. The molecule has 0 saturated heterocycles. The third kappa shape index (κ3) is 1.80. The van der Waals surface area contributed by atoms with Crippen LogP contribution in [0, 0.1) is 11.3 Å². The van der Waals surface area contributed by atoms with E-state index in [2.05, 4.69) is 9.72 Å². The van der Waals surface area contributed by atoms with Crippen molar-refractivity contribution in [1.29, 1.82) is 5.26 Å². The van der Waals surface area contributed by atoms with Gasteiger partial charge in [0.05, 0.1) is 18.4 Å². The molecule has 0 aliphatic carbocycles. The van der Waals surface area contributed by atoms with Crippen molar-refractivity contribution in [3.63, 3.8) is 0 Å². The molecular formula is C9H8N2O3. The van der Waals surface area contributed by atoms with Crippen LogP contribution in [0.5, 0.6) is 5.75 Å². The molecule has 14 heavy (non-hydrogen) atoms. The van der Waals surface area contributed by atoms with Gasteiger partial charge in [-0.3, -0.25) is 4.98 Å². The number of hydrogen-bond acceptors (Lipinski definition) is 5. The van der Waals surface area contributed by atoms with Gasteiger partial charge in [-0.05, 0) is 6.92 Å². The summed E-state index contributed by atoms with van der Waals surface area (Å²) in [7, 11) is 0. The third-order valence-electron chi connectivity index (χ3n) is 1.53. The number of nitriles is 1. The zero-order valence-corrected chi connectivity index (χ0v) is 7.52. The van der Waals surface area contributed by atoms with Crippen molar-refractivity contribution in [2.24, 2.45) is 0 Å². The van der Waals surface area contributed by atoms with Crippen LogP contribution in [0.4, 0.5) is 0 Å². The van der Waals surface area contributed by atoms with Gasteiger partial charge >= 0.3 is 5.97 Å². The van der Waals surface area contributed by atoms with Gasteiger partial charge in [0.1, 0.15) is 17.4 Å². The van der Waals surface area contributed by atoms with Gasteiger partial charge in [-0.2, -0.15) is 5.26 Å². The topological polar surface area (TPSA) is 83.2 Å². The summed E-state index contributed by atoms with van der Waals surface area (Å²) in [5.41, 5.74) is -0.132. The Morgan fingerprint density at radius 1 is 1.71 bits per heavy atom. The molecule has 0 spiro atoms. The first kappa shape index (κ1) is 9.99. The third-order valence-corrected chi connectivity index (χ3v) is 1.53. The molecule has 0 bridgehead atoms. The van der Waals surface area contributed by atoms with Crippen LogP contribution < -0.4 is 0 Å². The molecule has 0 aliphatic heterocycles. The van der Waals surface area contributed by atoms with E-state index in [0.29, 0.717) is 0 Å². The first-order chi connectivity index (χ1) is 6.70. The van der Waals surface area contributed by atoms with Crippen molar-refractivity contribution < 1.29 is 14.6 Å². The van der Waals surface area contributed by atoms with Crippen molar-refractivity contribution in [2.75, 3.05) is 6.61 Å². The van der Waals surface area contributed by atoms with Crippen LogP contribution in [0.15, 0.2) is 12.4 Å². The fraction of sp³-hybridized carbons (Fsp3) is 0.222. The summed E-state index contributed by atoms with van der Waals surface area (Å²) in [5, 5.41) is 18.0. The second-order valence-corrected chi connectivity index (χ2v) is 2.41. The number of carbonyl (C=O) groups excluding carboxylic acids is 1. The predicted octanol–water partition coefficient (Wildman–Crippen LogP) is 0.836. The van der Waals surface area contributed by atoms with Crippen LogP contribution >= 0.6 is 0 Å². The molecule has 1 aromatic heterocycles. The Labute approximate surface area is 80.6 Å². The zero-order chi connectivity index (χ0) is 10.6. The van der Waals surface area contributed by atoms with E-state index in [-0.39, 0.29) is 23.5 Å². The molecule has 0 saturated carbocycles. The molecule has 72 valence electrons. The number of aromatic nitrogens is 1. The number of rotatable bonds is 2. The lowest BCUT2D eigenvalue weighted by Crippen LogP contribution is -2.07. The highest BCUT2D eigenvalue weighted by Gasteiger charge is 2.17. The van der Waals surface area contributed by atoms with Crippen LogP contribution in [0.3, 0.4) is 0 Å². The molecule has 0 aliphatic rings. The first-order valence-electron chi connectivity index (χ1n) is 3.94. The minimum Gasteiger partial charge on any atom is -0.505 e. The lowest BCUT2D eigenvalue weighted by Gasteiger charge is -2.04. The first-order valence-corrected chi connectivity index (χ1v) is 3.94. The fourth-order valence-electron chi connectivity index (χ4n) is 0.952. The number of pyridine rings is 1. The molecule has 0 atom stereocenters. The van der Waals surface area contributed by atoms with Gasteiger partial charge in [-0.25, -0.2) is 4.79 Å². The summed E-state index contributed by atoms with van der Waals surface area (Å²) < 4.78 is 4.67. The molecule has 0 radical (unpaired) electrons. The molecule has 0 unspecified atom stereocenters. The van der Waals surface area contributed by atoms with E-state index in [1.807, 2.05) is 0 Å². The second kappa shape index (κ2) is 4.23. The zero-order valence-electron chi connectivity index (χ0n) is 7.52. The maximum absolute atomic E-state index is 11.3. The number of aromatic hydroxyl groups is 1. The predicted molar refractivity (Wildman–Crippen MR) is 46.6 cm³/mol. The Morgan fingerprint density at radius 2 is 2.43 bits per heavy atom. The number of ether oxygens (including phenoxy) is 1. The summed E-state index contributed by atoms with van der Waals surface area (Å²) in [6, 6.07) is 1.75. The van der Waals surface area contributed by atoms with Crippen LogP contribution in [-0.4, -0.2) is 22.7 Å². The largest absolute Gasteiger partial charge is 0.505 e. The SMILES string of the molecule is CCOC(=O)c1c(O)cncc1C#N. The normalized spacial score (nSPS) is 9.14. The van der Waals surface area contributed by atoms with Gasteiger partial charge in [0.15, 0.2) is 0 Å². The highest BCUT2D eigenvalue weighted by molar-refractivity contribution is 5.94. The van der Waals surface area contributed by atoms with E-state index < -0.39 is 5.97 Å². The van der Waals surface area contributed by atoms with Gasteiger partial charge in [-0.1, -0.05) is 0 Å². The van der Waals surface area contributed by atoms with Crippen LogP contribution in [0.25, 0.3) is 0 Å². The minimum atomic E-state index is -0.719. The second-order valence-electron chi connectivity index (χ2n) is 2.41. The van der Waals surface area contributed by atoms with E-state index in [9.17, 15) is 9.90 Å². The van der Waals surface area contributed by atoms with E-state index in [0.717, 1.165) is 6.20 Å². The molecular weight excluding hydrogens is 184 g/mol. The van der Waals surface area contributed by atoms with Crippen LogP contribution in [0.2, 0.25) is 0 Å². The Balaban J connectivity index is 3.18. The fourth-order valence-corrected chi connectivity index (χ4v) is 0.952. The lowest BCUT2D eigenvalue weighted by molar-refractivity contribution is 0.0522. The Kier molecular flexibility index (Phi) is 3.02. The summed E-state index contributed by atoms with van der Waals surface area (Å²) in [4.78, 5) is 14.9. The average Bonchev–Trinajstić information content (AvgIpc) is 2.17. The minimum absolute atomic E-state index is 0.00319. The Hall–Kier alpha value is -2.09. The van der Waals surface area contributed by atoms with Gasteiger partial charge in [0.2, 0.25) is 0 Å². The van der Waals surface area contributed by atoms with Gasteiger partial charge in [-0.15, -0.1) is 0 Å². The van der Waals surface area contributed by atoms with Crippen LogP contribution in [-0.2, 0) is 4.74 Å². The molecule has 1 N–H and O–H groups in total. The standard InChI is InChI=1S/C9H8N2O3/c1-2-14-9(13)8-6(3-10)4-11-5-7(8)12/h4-5,12H,2H2,1H3. The quantitative estimate of drug-likeness (QED) is 0.702. The summed E-state index contributed by atoms with van der Waals surface area (Å²) in [5.74, 6) is -1.06. The molecule has 0 fully saturated rings. The van der Waals surface area contributed by atoms with E-state index in [1.54, 1.807) is 13.0 Å². The Bertz CT molecular complexity index is 396. The van der Waals surface area contributed by atoms with Gasteiger partial charge in [0, 0.05) is 6.20 Å². The molecule has 1 rings (SSSR count). The van der Waals surface area contributed by atoms with Crippen molar-refractivity contribution >= 4 is 5.97 Å². The van der Waals surface area contributed by atoms with E-state index in [4.69, 9.17) is 5.26 Å². The van der Waals surface area contributed by atoms with Crippen molar-refractivity contribution in [1.82, 2.24) is 4.98 Å². The monoisotopic (exact) mass is 192 g/mol. The Morgan fingerprint density at radius 3 is 3.00 bits per heavy atom. The number of nitrogens with zero attached hydrogens (tertiary/aromatic N) is 2. The molecule has 0 amide bonds. The smallest absolute Gasteiger partial charge is 0.343 e. The maximum Gasteiger partial charge on any atom is 0.343 e. The molecule has 0 aromatic carbocycles. The molecule has 1 aromatic rings. The average molecular weight is 192 g/mol.